The molecule has 1 aromatic heterocycles. The molecule has 1 N–H and O–H groups in total. The van der Waals surface area contributed by atoms with Gasteiger partial charge in [0.25, 0.3) is 5.91 Å². The van der Waals surface area contributed by atoms with Crippen molar-refractivity contribution in [3.8, 4) is 22.8 Å². The number of hydrogen-bond acceptors (Lipinski definition) is 3. The molecule has 0 bridgehead atoms. The number of amides is 1. The van der Waals surface area contributed by atoms with Crippen molar-refractivity contribution < 1.29 is 9.21 Å². The molecule has 1 amide bonds. The predicted octanol–water partition coefficient (Wildman–Crippen LogP) is 4.93. The van der Waals surface area contributed by atoms with Crippen LogP contribution in [0.1, 0.15) is 37.0 Å². The molecular weight excluding hydrogens is 312 g/mol. The second-order valence-corrected chi connectivity index (χ2v) is 5.93. The molecule has 25 heavy (non-hydrogen) atoms. The molecule has 0 unspecified atom stereocenters. The molecule has 2 aromatic carbocycles. The molecule has 0 saturated heterocycles. The predicted molar refractivity (Wildman–Crippen MR) is 99.2 cm³/mol. The largest absolute Gasteiger partial charge is 0.436 e. The van der Waals surface area contributed by atoms with Crippen LogP contribution in [0.2, 0.25) is 0 Å². The summed E-state index contributed by atoms with van der Waals surface area (Å²) in [5.41, 5.74) is 2.24. The molecule has 3 aromatic rings. The summed E-state index contributed by atoms with van der Waals surface area (Å²) in [4.78, 5) is 17.0. The van der Waals surface area contributed by atoms with E-state index in [1.807, 2.05) is 48.5 Å². The first kappa shape index (κ1) is 17.0. The van der Waals surface area contributed by atoms with Crippen LogP contribution >= 0.6 is 0 Å². The Morgan fingerprint density at radius 3 is 2.44 bits per heavy atom. The van der Waals surface area contributed by atoms with Crippen LogP contribution in [0.15, 0.2) is 65.2 Å². The van der Waals surface area contributed by atoms with Crippen LogP contribution in [0.25, 0.3) is 22.8 Å². The van der Waals surface area contributed by atoms with E-state index in [1.165, 1.54) is 0 Å². The fourth-order valence-electron chi connectivity index (χ4n) is 2.76. The highest BCUT2D eigenvalue weighted by Crippen LogP contribution is 2.28. The quantitative estimate of drug-likeness (QED) is 0.695. The first-order valence-corrected chi connectivity index (χ1v) is 8.64. The maximum Gasteiger partial charge on any atom is 0.252 e. The van der Waals surface area contributed by atoms with E-state index in [4.69, 9.17) is 4.42 Å². The minimum Gasteiger partial charge on any atom is -0.436 e. The van der Waals surface area contributed by atoms with Crippen molar-refractivity contribution >= 4 is 5.91 Å². The topological polar surface area (TPSA) is 55.1 Å². The average molecular weight is 334 g/mol. The van der Waals surface area contributed by atoms with E-state index in [-0.39, 0.29) is 11.9 Å². The van der Waals surface area contributed by atoms with Crippen LogP contribution in [0.4, 0.5) is 0 Å². The van der Waals surface area contributed by atoms with E-state index in [1.54, 1.807) is 12.3 Å². The minimum atomic E-state index is -0.0937. The summed E-state index contributed by atoms with van der Waals surface area (Å²) >= 11 is 0. The number of nitrogens with one attached hydrogen (secondary N) is 1. The molecule has 0 aliphatic heterocycles. The smallest absolute Gasteiger partial charge is 0.252 e. The second kappa shape index (κ2) is 7.79. The Hall–Kier alpha value is -2.88. The number of carbonyl (C=O) groups is 1. The molecule has 0 radical (unpaired) electrons. The van der Waals surface area contributed by atoms with Crippen molar-refractivity contribution in [2.75, 3.05) is 0 Å². The first-order chi connectivity index (χ1) is 12.2. The van der Waals surface area contributed by atoms with Gasteiger partial charge in [0.05, 0.1) is 11.8 Å². The zero-order chi connectivity index (χ0) is 17.6. The Morgan fingerprint density at radius 2 is 1.72 bits per heavy atom. The van der Waals surface area contributed by atoms with E-state index >= 15 is 0 Å². The van der Waals surface area contributed by atoms with Gasteiger partial charge in [0.15, 0.2) is 5.76 Å². The summed E-state index contributed by atoms with van der Waals surface area (Å²) in [6.07, 6.45) is 3.50. The number of rotatable bonds is 6. The summed E-state index contributed by atoms with van der Waals surface area (Å²) in [6.45, 7) is 4.14. The molecule has 4 heteroatoms. The van der Waals surface area contributed by atoms with Crippen molar-refractivity contribution in [3.05, 3.63) is 66.4 Å². The highest BCUT2D eigenvalue weighted by molar-refractivity contribution is 6.00. The average Bonchev–Trinajstić information content (AvgIpc) is 3.16. The Balaban J connectivity index is 1.91. The third-order valence-electron chi connectivity index (χ3n) is 4.29. The lowest BCUT2D eigenvalue weighted by molar-refractivity contribution is 0.0935. The first-order valence-electron chi connectivity index (χ1n) is 8.64. The Bertz CT molecular complexity index is 836. The van der Waals surface area contributed by atoms with Gasteiger partial charge >= 0.3 is 0 Å². The van der Waals surface area contributed by atoms with Crippen molar-refractivity contribution in [3.63, 3.8) is 0 Å². The summed E-state index contributed by atoms with van der Waals surface area (Å²) in [6, 6.07) is 17.4. The van der Waals surface area contributed by atoms with Gasteiger partial charge in [0.1, 0.15) is 0 Å². The van der Waals surface area contributed by atoms with Crippen LogP contribution < -0.4 is 5.32 Å². The fraction of sp³-hybridized carbons (Fsp3) is 0.238. The maximum absolute atomic E-state index is 12.7. The Kier molecular flexibility index (Phi) is 5.29. The molecule has 0 aliphatic rings. The highest BCUT2D eigenvalue weighted by Gasteiger charge is 2.18. The number of aromatic nitrogens is 1. The fourth-order valence-corrected chi connectivity index (χ4v) is 2.76. The molecule has 1 heterocycles. The zero-order valence-corrected chi connectivity index (χ0v) is 14.5. The molecule has 0 aliphatic carbocycles. The van der Waals surface area contributed by atoms with E-state index in [0.717, 1.165) is 18.4 Å². The summed E-state index contributed by atoms with van der Waals surface area (Å²) in [7, 11) is 0. The molecule has 4 nitrogen and oxygen atoms in total. The van der Waals surface area contributed by atoms with Crippen LogP contribution in [0.3, 0.4) is 0 Å². The third-order valence-corrected chi connectivity index (χ3v) is 4.29. The summed E-state index contributed by atoms with van der Waals surface area (Å²) < 4.78 is 5.91. The van der Waals surface area contributed by atoms with Gasteiger partial charge in [-0.2, -0.15) is 0 Å². The Labute approximate surface area is 147 Å². The van der Waals surface area contributed by atoms with Crippen LogP contribution in [0.5, 0.6) is 0 Å². The van der Waals surface area contributed by atoms with Crippen molar-refractivity contribution in [1.29, 1.82) is 0 Å². The molecule has 128 valence electrons. The van der Waals surface area contributed by atoms with Gasteiger partial charge in [0, 0.05) is 17.2 Å². The van der Waals surface area contributed by atoms with Crippen LogP contribution in [0, 0.1) is 0 Å². The molecule has 3 rings (SSSR count). The Morgan fingerprint density at radius 1 is 1.04 bits per heavy atom. The van der Waals surface area contributed by atoms with Gasteiger partial charge in [-0.05, 0) is 25.0 Å². The second-order valence-electron chi connectivity index (χ2n) is 5.93. The van der Waals surface area contributed by atoms with Gasteiger partial charge in [-0.3, -0.25) is 4.79 Å². The SMILES string of the molecule is CCC(CC)NC(=O)c1ccccc1-c1ncc(-c2ccccc2)o1. The van der Waals surface area contributed by atoms with E-state index in [9.17, 15) is 4.79 Å². The van der Waals surface area contributed by atoms with Gasteiger partial charge in [-0.15, -0.1) is 0 Å². The molecular formula is C21H22N2O2. The standard InChI is InChI=1S/C21H22N2O2/c1-3-16(4-2)23-20(24)17-12-8-9-13-18(17)21-22-14-19(25-21)15-10-6-5-7-11-15/h5-14,16H,3-4H2,1-2H3,(H,23,24). The number of benzene rings is 2. The molecule has 0 saturated carbocycles. The van der Waals surface area contributed by atoms with Gasteiger partial charge in [-0.25, -0.2) is 4.98 Å². The number of hydrogen-bond donors (Lipinski definition) is 1. The van der Waals surface area contributed by atoms with E-state index in [2.05, 4.69) is 24.1 Å². The number of nitrogens with zero attached hydrogens (tertiary/aromatic N) is 1. The lowest BCUT2D eigenvalue weighted by atomic mass is 10.1. The lowest BCUT2D eigenvalue weighted by Crippen LogP contribution is -2.34. The summed E-state index contributed by atoms with van der Waals surface area (Å²) in [5.74, 6) is 1.05. The monoisotopic (exact) mass is 334 g/mol. The lowest BCUT2D eigenvalue weighted by Gasteiger charge is -2.15. The summed E-state index contributed by atoms with van der Waals surface area (Å²) in [5, 5.41) is 3.07. The zero-order valence-electron chi connectivity index (χ0n) is 14.5. The highest BCUT2D eigenvalue weighted by atomic mass is 16.4. The van der Waals surface area contributed by atoms with Crippen molar-refractivity contribution in [2.24, 2.45) is 0 Å². The maximum atomic E-state index is 12.7. The van der Waals surface area contributed by atoms with Crippen LogP contribution in [-0.4, -0.2) is 16.9 Å². The van der Waals surface area contributed by atoms with Crippen molar-refractivity contribution in [1.82, 2.24) is 10.3 Å². The molecule has 0 atom stereocenters. The number of oxazole rings is 1. The van der Waals surface area contributed by atoms with E-state index < -0.39 is 0 Å². The van der Waals surface area contributed by atoms with Crippen molar-refractivity contribution in [2.45, 2.75) is 32.7 Å². The van der Waals surface area contributed by atoms with Gasteiger partial charge < -0.3 is 9.73 Å². The molecule has 0 spiro atoms. The van der Waals surface area contributed by atoms with E-state index in [0.29, 0.717) is 22.8 Å². The normalized spacial score (nSPS) is 10.8. The molecule has 0 fully saturated rings. The minimum absolute atomic E-state index is 0.0937. The van der Waals surface area contributed by atoms with Gasteiger partial charge in [0.2, 0.25) is 5.89 Å². The number of carbonyl (C=O) groups excluding carboxylic acids is 1. The van der Waals surface area contributed by atoms with Gasteiger partial charge in [-0.1, -0.05) is 56.3 Å². The van der Waals surface area contributed by atoms with Crippen LogP contribution in [-0.2, 0) is 0 Å². The third kappa shape index (κ3) is 3.79.